The maximum absolute atomic E-state index is 13.7. The summed E-state index contributed by atoms with van der Waals surface area (Å²) in [5, 5.41) is 14.8. The van der Waals surface area contributed by atoms with E-state index in [-0.39, 0.29) is 11.7 Å². The van der Waals surface area contributed by atoms with E-state index in [4.69, 9.17) is 0 Å². The highest BCUT2D eigenvalue weighted by atomic mass is 32.1. The Kier molecular flexibility index (Phi) is 5.14. The Bertz CT molecular complexity index is 813. The largest absolute Gasteiger partial charge is 0.332 e. The predicted molar refractivity (Wildman–Crippen MR) is 94.8 cm³/mol. The molecule has 2 atom stereocenters. The van der Waals surface area contributed by atoms with Crippen molar-refractivity contribution in [3.63, 3.8) is 0 Å². The first kappa shape index (κ1) is 17.6. The number of amides is 1. The molecule has 0 spiro atoms. The number of halogens is 1. The molecule has 3 rings (SSSR count). The average molecular weight is 357 g/mol. The van der Waals surface area contributed by atoms with Gasteiger partial charge >= 0.3 is 0 Å². The fourth-order valence-corrected chi connectivity index (χ4v) is 4.17. The Hall–Kier alpha value is -2.26. The second-order valence-corrected chi connectivity index (χ2v) is 7.69. The van der Waals surface area contributed by atoms with Gasteiger partial charge < -0.3 is 5.32 Å². The number of carbonyl (C=O) groups is 1. The first-order valence-electron chi connectivity index (χ1n) is 8.43. The summed E-state index contributed by atoms with van der Waals surface area (Å²) in [5.74, 6) is -0.184. The third-order valence-electron chi connectivity index (χ3n) is 4.65. The quantitative estimate of drug-likeness (QED) is 0.897. The molecule has 1 aliphatic carbocycles. The number of thiazole rings is 1. The lowest BCUT2D eigenvalue weighted by molar-refractivity contribution is 0.0886. The van der Waals surface area contributed by atoms with Gasteiger partial charge in [-0.1, -0.05) is 31.5 Å². The summed E-state index contributed by atoms with van der Waals surface area (Å²) in [6.07, 6.45) is 3.71. The highest BCUT2D eigenvalue weighted by Gasteiger charge is 2.37. The normalized spacial score (nSPS) is 23.0. The zero-order chi connectivity index (χ0) is 17.9. The van der Waals surface area contributed by atoms with E-state index in [9.17, 15) is 14.4 Å². The van der Waals surface area contributed by atoms with Gasteiger partial charge in [-0.25, -0.2) is 9.37 Å². The predicted octanol–water partition coefficient (Wildman–Crippen LogP) is 4.08. The van der Waals surface area contributed by atoms with Gasteiger partial charge in [-0.2, -0.15) is 5.26 Å². The molecule has 4 nitrogen and oxygen atoms in total. The van der Waals surface area contributed by atoms with Crippen LogP contribution in [0.1, 0.15) is 53.7 Å². The van der Waals surface area contributed by atoms with Gasteiger partial charge in [0.1, 0.15) is 17.1 Å². The summed E-state index contributed by atoms with van der Waals surface area (Å²) in [4.78, 5) is 16.9. The summed E-state index contributed by atoms with van der Waals surface area (Å²) in [7, 11) is 0. The van der Waals surface area contributed by atoms with Crippen molar-refractivity contribution in [3.8, 4) is 6.07 Å². The van der Waals surface area contributed by atoms with Crippen molar-refractivity contribution in [1.82, 2.24) is 10.3 Å². The lowest BCUT2D eigenvalue weighted by Crippen LogP contribution is -2.50. The monoisotopic (exact) mass is 357 g/mol. The van der Waals surface area contributed by atoms with Crippen molar-refractivity contribution in [2.45, 2.75) is 44.6 Å². The number of rotatable bonds is 4. The number of hydrogen-bond acceptors (Lipinski definition) is 4. The van der Waals surface area contributed by atoms with Crippen LogP contribution in [0.15, 0.2) is 29.6 Å². The maximum atomic E-state index is 13.7. The zero-order valence-electron chi connectivity index (χ0n) is 14.1. The average Bonchev–Trinajstić information content (AvgIpc) is 3.06. The van der Waals surface area contributed by atoms with E-state index in [1.165, 1.54) is 17.4 Å². The molecule has 25 heavy (non-hydrogen) atoms. The molecule has 0 unspecified atom stereocenters. The van der Waals surface area contributed by atoms with Crippen LogP contribution in [0.5, 0.6) is 0 Å². The van der Waals surface area contributed by atoms with Crippen molar-refractivity contribution < 1.29 is 9.18 Å². The minimum Gasteiger partial charge on any atom is -0.332 e. The van der Waals surface area contributed by atoms with E-state index in [0.29, 0.717) is 41.4 Å². The molecule has 1 fully saturated rings. The summed E-state index contributed by atoms with van der Waals surface area (Å²) in [5.41, 5.74) is 0.0481. The van der Waals surface area contributed by atoms with E-state index >= 15 is 0 Å². The topological polar surface area (TPSA) is 65.8 Å². The van der Waals surface area contributed by atoms with Crippen molar-refractivity contribution in [1.29, 1.82) is 5.26 Å². The summed E-state index contributed by atoms with van der Waals surface area (Å²) < 4.78 is 13.7. The lowest BCUT2D eigenvalue weighted by atomic mass is 9.77. The van der Waals surface area contributed by atoms with Crippen LogP contribution in [0.4, 0.5) is 4.39 Å². The Morgan fingerprint density at radius 3 is 3.04 bits per heavy atom. The van der Waals surface area contributed by atoms with Gasteiger partial charge in [0.25, 0.3) is 5.91 Å². The van der Waals surface area contributed by atoms with Crippen LogP contribution in [-0.2, 0) is 6.42 Å². The van der Waals surface area contributed by atoms with Gasteiger partial charge in [-0.3, -0.25) is 4.79 Å². The van der Waals surface area contributed by atoms with Crippen LogP contribution in [-0.4, -0.2) is 16.4 Å². The minimum atomic E-state index is -0.802. The van der Waals surface area contributed by atoms with Crippen molar-refractivity contribution in [2.75, 3.05) is 0 Å². The summed E-state index contributed by atoms with van der Waals surface area (Å²) in [6, 6.07) is 8.85. The van der Waals surface area contributed by atoms with Gasteiger partial charge in [-0.05, 0) is 36.8 Å². The molecule has 2 aromatic rings. The van der Waals surface area contributed by atoms with E-state index < -0.39 is 5.54 Å². The smallest absolute Gasteiger partial charge is 0.272 e. The van der Waals surface area contributed by atoms with E-state index in [1.54, 1.807) is 23.6 Å². The minimum absolute atomic E-state index is 0.275. The molecule has 1 heterocycles. The number of nitriles is 1. The third-order valence-corrected chi connectivity index (χ3v) is 5.50. The Labute approximate surface area is 150 Å². The molecule has 0 saturated heterocycles. The molecule has 1 aliphatic rings. The Morgan fingerprint density at radius 1 is 1.52 bits per heavy atom. The number of aromatic nitrogens is 1. The second-order valence-electron chi connectivity index (χ2n) is 6.74. The number of nitrogens with one attached hydrogen (secondary N) is 1. The molecule has 1 amide bonds. The molecule has 0 aliphatic heterocycles. The van der Waals surface area contributed by atoms with Crippen LogP contribution in [0.3, 0.4) is 0 Å². The molecule has 1 aromatic carbocycles. The molecular weight excluding hydrogens is 337 g/mol. The maximum Gasteiger partial charge on any atom is 0.272 e. The third kappa shape index (κ3) is 4.05. The molecule has 1 N–H and O–H groups in total. The highest BCUT2D eigenvalue weighted by Crippen LogP contribution is 2.32. The summed E-state index contributed by atoms with van der Waals surface area (Å²) in [6.45, 7) is 2.10. The zero-order valence-corrected chi connectivity index (χ0v) is 14.9. The number of carbonyl (C=O) groups excluding carboxylic acids is 1. The molecular formula is C19H20FN3OS. The van der Waals surface area contributed by atoms with Gasteiger partial charge in [-0.15, -0.1) is 11.3 Å². The van der Waals surface area contributed by atoms with Crippen LogP contribution < -0.4 is 5.32 Å². The number of hydrogen-bond donors (Lipinski definition) is 1. The fraction of sp³-hybridized carbons (Fsp3) is 0.421. The van der Waals surface area contributed by atoms with Gasteiger partial charge in [0.2, 0.25) is 0 Å². The highest BCUT2D eigenvalue weighted by molar-refractivity contribution is 7.09. The fourth-order valence-electron chi connectivity index (χ4n) is 3.38. The number of benzene rings is 1. The molecule has 0 radical (unpaired) electrons. The first-order valence-corrected chi connectivity index (χ1v) is 9.31. The lowest BCUT2D eigenvalue weighted by Gasteiger charge is -2.34. The Morgan fingerprint density at radius 2 is 2.32 bits per heavy atom. The van der Waals surface area contributed by atoms with Crippen molar-refractivity contribution >= 4 is 17.2 Å². The molecule has 0 bridgehead atoms. The van der Waals surface area contributed by atoms with Gasteiger partial charge in [0.05, 0.1) is 11.1 Å². The standard InChI is InChI=1S/C19H20FN3OS/c1-13-5-4-8-19(10-13,12-21)23-18(24)16-11-25-17(22-16)9-14-6-2-3-7-15(14)20/h2-3,6-7,11,13H,4-5,8-10H2,1H3,(H,23,24)/t13-,19-/m0/s1. The van der Waals surface area contributed by atoms with Crippen molar-refractivity contribution in [3.05, 3.63) is 51.7 Å². The summed E-state index contributed by atoms with van der Waals surface area (Å²) >= 11 is 1.33. The molecule has 1 aromatic heterocycles. The van der Waals surface area contributed by atoms with E-state index in [0.717, 1.165) is 12.8 Å². The van der Waals surface area contributed by atoms with Gasteiger partial charge in [0, 0.05) is 11.8 Å². The second kappa shape index (κ2) is 7.32. The van der Waals surface area contributed by atoms with Gasteiger partial charge in [0.15, 0.2) is 0 Å². The molecule has 130 valence electrons. The van der Waals surface area contributed by atoms with Crippen LogP contribution >= 0.6 is 11.3 Å². The first-order chi connectivity index (χ1) is 12.0. The SMILES string of the molecule is C[C@H]1CCC[C@](C#N)(NC(=O)c2csc(Cc3ccccc3F)n2)C1. The van der Waals surface area contributed by atoms with E-state index in [2.05, 4.69) is 23.3 Å². The molecule has 1 saturated carbocycles. The Balaban J connectivity index is 1.70. The van der Waals surface area contributed by atoms with Crippen LogP contribution in [0, 0.1) is 23.1 Å². The van der Waals surface area contributed by atoms with Crippen LogP contribution in [0.2, 0.25) is 0 Å². The van der Waals surface area contributed by atoms with E-state index in [1.807, 2.05) is 0 Å². The van der Waals surface area contributed by atoms with Crippen LogP contribution in [0.25, 0.3) is 0 Å². The number of nitrogens with zero attached hydrogens (tertiary/aromatic N) is 2. The van der Waals surface area contributed by atoms with Crippen molar-refractivity contribution in [2.24, 2.45) is 5.92 Å². The molecule has 6 heteroatoms.